The van der Waals surface area contributed by atoms with Crippen LogP contribution in [-0.2, 0) is 0 Å². The van der Waals surface area contributed by atoms with Crippen LogP contribution in [0.4, 0.5) is 11.5 Å². The molecule has 5 heteroatoms. The Bertz CT molecular complexity index is 588. The third-order valence-electron chi connectivity index (χ3n) is 2.96. The van der Waals surface area contributed by atoms with Crippen molar-refractivity contribution >= 4 is 17.4 Å². The van der Waals surface area contributed by atoms with Gasteiger partial charge in [-0.15, -0.1) is 0 Å². The van der Waals surface area contributed by atoms with Gasteiger partial charge in [0.25, 0.3) is 5.91 Å². The van der Waals surface area contributed by atoms with E-state index >= 15 is 0 Å². The maximum Gasteiger partial charge on any atom is 0.275 e. The van der Waals surface area contributed by atoms with Crippen molar-refractivity contribution in [1.29, 1.82) is 0 Å². The molecular weight excluding hydrogens is 252 g/mol. The molecule has 0 aliphatic carbocycles. The average molecular weight is 270 g/mol. The lowest BCUT2D eigenvalue weighted by Gasteiger charge is -2.11. The lowest BCUT2D eigenvalue weighted by atomic mass is 10.1. The summed E-state index contributed by atoms with van der Waals surface area (Å²) in [6.45, 7) is 6.66. The van der Waals surface area contributed by atoms with Gasteiger partial charge < -0.3 is 10.6 Å². The smallest absolute Gasteiger partial charge is 0.275 e. The molecule has 1 amide bonds. The van der Waals surface area contributed by atoms with E-state index in [0.717, 1.165) is 23.4 Å². The van der Waals surface area contributed by atoms with Crippen LogP contribution in [0.3, 0.4) is 0 Å². The second-order valence-corrected chi connectivity index (χ2v) is 4.54. The summed E-state index contributed by atoms with van der Waals surface area (Å²) in [5.41, 5.74) is 3.18. The van der Waals surface area contributed by atoms with Crippen LogP contribution in [0.25, 0.3) is 0 Å². The Hall–Kier alpha value is -2.43. The number of carbonyl (C=O) groups excluding carboxylic acids is 1. The van der Waals surface area contributed by atoms with Gasteiger partial charge in [-0.05, 0) is 31.9 Å². The van der Waals surface area contributed by atoms with Crippen LogP contribution in [0.2, 0.25) is 0 Å². The molecule has 0 bridgehead atoms. The third-order valence-corrected chi connectivity index (χ3v) is 2.96. The van der Waals surface area contributed by atoms with Crippen LogP contribution in [0.15, 0.2) is 30.6 Å². The van der Waals surface area contributed by atoms with E-state index in [2.05, 4.69) is 20.6 Å². The second-order valence-electron chi connectivity index (χ2n) is 4.54. The van der Waals surface area contributed by atoms with Gasteiger partial charge >= 0.3 is 0 Å². The Morgan fingerprint density at radius 2 is 1.85 bits per heavy atom. The summed E-state index contributed by atoms with van der Waals surface area (Å²) in [4.78, 5) is 20.4. The van der Waals surface area contributed by atoms with Crippen LogP contribution in [0.5, 0.6) is 0 Å². The fourth-order valence-electron chi connectivity index (χ4n) is 1.91. The Labute approximate surface area is 118 Å². The van der Waals surface area contributed by atoms with E-state index in [0.29, 0.717) is 11.5 Å². The Morgan fingerprint density at radius 1 is 1.15 bits per heavy atom. The van der Waals surface area contributed by atoms with Gasteiger partial charge in [0.2, 0.25) is 0 Å². The van der Waals surface area contributed by atoms with E-state index in [9.17, 15) is 4.79 Å². The van der Waals surface area contributed by atoms with Crippen molar-refractivity contribution in [2.24, 2.45) is 0 Å². The zero-order valence-corrected chi connectivity index (χ0v) is 11.9. The number of amides is 1. The largest absolute Gasteiger partial charge is 0.369 e. The zero-order chi connectivity index (χ0) is 14.5. The lowest BCUT2D eigenvalue weighted by Crippen LogP contribution is -2.16. The lowest BCUT2D eigenvalue weighted by molar-refractivity contribution is 0.102. The number of nitrogens with zero attached hydrogens (tertiary/aromatic N) is 2. The molecule has 0 atom stereocenters. The first kappa shape index (κ1) is 14.0. The molecule has 104 valence electrons. The summed E-state index contributed by atoms with van der Waals surface area (Å²) in [5.74, 6) is 0.411. The van der Waals surface area contributed by atoms with Gasteiger partial charge in [-0.25, -0.2) is 9.97 Å². The molecule has 0 fully saturated rings. The van der Waals surface area contributed by atoms with E-state index in [1.165, 1.54) is 6.20 Å². The Balaban J connectivity index is 2.16. The van der Waals surface area contributed by atoms with Gasteiger partial charge in [0.15, 0.2) is 0 Å². The van der Waals surface area contributed by atoms with Gasteiger partial charge in [0.1, 0.15) is 11.5 Å². The predicted molar refractivity (Wildman–Crippen MR) is 80.1 cm³/mol. The second kappa shape index (κ2) is 6.14. The molecule has 0 aliphatic heterocycles. The molecule has 0 saturated heterocycles. The molecule has 1 aromatic heterocycles. The predicted octanol–water partition coefficient (Wildman–Crippen LogP) is 2.78. The van der Waals surface area contributed by atoms with Gasteiger partial charge in [-0.2, -0.15) is 0 Å². The normalized spacial score (nSPS) is 10.2. The van der Waals surface area contributed by atoms with Crippen LogP contribution in [0, 0.1) is 13.8 Å². The highest BCUT2D eigenvalue weighted by atomic mass is 16.1. The molecule has 2 N–H and O–H groups in total. The van der Waals surface area contributed by atoms with E-state index < -0.39 is 0 Å². The van der Waals surface area contributed by atoms with Crippen LogP contribution in [-0.4, -0.2) is 22.4 Å². The van der Waals surface area contributed by atoms with Crippen LogP contribution in [0.1, 0.15) is 28.5 Å². The van der Waals surface area contributed by atoms with Gasteiger partial charge in [0.05, 0.1) is 12.4 Å². The highest BCUT2D eigenvalue weighted by Crippen LogP contribution is 2.19. The van der Waals surface area contributed by atoms with E-state index in [4.69, 9.17) is 0 Å². The number of rotatable bonds is 4. The Morgan fingerprint density at radius 3 is 2.40 bits per heavy atom. The topological polar surface area (TPSA) is 66.9 Å². The monoisotopic (exact) mass is 270 g/mol. The highest BCUT2D eigenvalue weighted by Gasteiger charge is 2.11. The first-order chi connectivity index (χ1) is 9.61. The maximum atomic E-state index is 12.2. The average Bonchev–Trinajstić information content (AvgIpc) is 2.44. The van der Waals surface area contributed by atoms with Gasteiger partial charge in [0, 0.05) is 12.2 Å². The van der Waals surface area contributed by atoms with Gasteiger partial charge in [-0.1, -0.05) is 18.2 Å². The quantitative estimate of drug-likeness (QED) is 0.896. The number of nitrogens with one attached hydrogen (secondary N) is 2. The zero-order valence-electron chi connectivity index (χ0n) is 11.9. The molecule has 0 unspecified atom stereocenters. The van der Waals surface area contributed by atoms with Crippen molar-refractivity contribution in [1.82, 2.24) is 9.97 Å². The number of carbonyl (C=O) groups is 1. The molecule has 20 heavy (non-hydrogen) atoms. The minimum Gasteiger partial charge on any atom is -0.369 e. The third kappa shape index (κ3) is 3.12. The maximum absolute atomic E-state index is 12.2. The molecule has 0 radical (unpaired) electrons. The fraction of sp³-hybridized carbons (Fsp3) is 0.267. The van der Waals surface area contributed by atoms with Crippen LogP contribution < -0.4 is 10.6 Å². The summed E-state index contributed by atoms with van der Waals surface area (Å²) in [7, 11) is 0. The fourth-order valence-corrected chi connectivity index (χ4v) is 1.91. The summed E-state index contributed by atoms with van der Waals surface area (Å²) in [6.07, 6.45) is 3.03. The van der Waals surface area contributed by atoms with Crippen molar-refractivity contribution in [2.45, 2.75) is 20.8 Å². The van der Waals surface area contributed by atoms with Crippen molar-refractivity contribution in [3.63, 3.8) is 0 Å². The van der Waals surface area contributed by atoms with Crippen molar-refractivity contribution in [3.05, 3.63) is 47.4 Å². The van der Waals surface area contributed by atoms with E-state index in [1.54, 1.807) is 6.20 Å². The molecule has 0 aliphatic rings. The van der Waals surface area contributed by atoms with E-state index in [1.807, 2.05) is 39.0 Å². The summed E-state index contributed by atoms with van der Waals surface area (Å²) in [5, 5.41) is 5.92. The van der Waals surface area contributed by atoms with Crippen molar-refractivity contribution < 1.29 is 4.79 Å². The molecule has 0 spiro atoms. The van der Waals surface area contributed by atoms with E-state index in [-0.39, 0.29) is 5.91 Å². The van der Waals surface area contributed by atoms with Gasteiger partial charge in [-0.3, -0.25) is 4.79 Å². The number of para-hydroxylation sites is 1. The molecule has 1 aromatic carbocycles. The summed E-state index contributed by atoms with van der Waals surface area (Å²) in [6, 6.07) is 5.89. The Kier molecular flexibility index (Phi) is 4.30. The van der Waals surface area contributed by atoms with Crippen molar-refractivity contribution in [2.75, 3.05) is 17.2 Å². The first-order valence-corrected chi connectivity index (χ1v) is 6.55. The van der Waals surface area contributed by atoms with Crippen molar-refractivity contribution in [3.8, 4) is 0 Å². The molecule has 1 heterocycles. The number of hydrogen-bond acceptors (Lipinski definition) is 4. The first-order valence-electron chi connectivity index (χ1n) is 6.55. The minimum atomic E-state index is -0.252. The summed E-state index contributed by atoms with van der Waals surface area (Å²) < 4.78 is 0. The molecule has 2 rings (SSSR count). The molecule has 0 saturated carbocycles. The number of anilines is 2. The number of aryl methyl sites for hydroxylation is 2. The standard InChI is InChI=1S/C15H18N4O/c1-4-16-13-9-17-12(8-18-13)15(20)19-14-10(2)6-5-7-11(14)3/h5-9H,4H2,1-3H3,(H,16,18)(H,19,20). The minimum absolute atomic E-state index is 0.252. The number of aromatic nitrogens is 2. The molecule has 2 aromatic rings. The molecular formula is C15H18N4O. The molecule has 5 nitrogen and oxygen atoms in total. The van der Waals surface area contributed by atoms with Crippen LogP contribution >= 0.6 is 0 Å². The number of hydrogen-bond donors (Lipinski definition) is 2. The summed E-state index contributed by atoms with van der Waals surface area (Å²) >= 11 is 0. The SMILES string of the molecule is CCNc1cnc(C(=O)Nc2c(C)cccc2C)cn1. The number of benzene rings is 1. The highest BCUT2D eigenvalue weighted by molar-refractivity contribution is 6.03.